The number of carboxylic acids is 1. The van der Waals surface area contributed by atoms with Gasteiger partial charge in [-0.15, -0.1) is 0 Å². The molecule has 0 spiro atoms. The molecular formula is C27H19F2N3O3. The number of aliphatic carboxylic acids is 1. The maximum atomic E-state index is 14.7. The number of halogens is 2. The molecule has 0 atom stereocenters. The molecule has 0 radical (unpaired) electrons. The Labute approximate surface area is 199 Å². The van der Waals surface area contributed by atoms with Crippen molar-refractivity contribution < 1.29 is 23.4 Å². The number of hydrogen-bond acceptors (Lipinski definition) is 5. The molecule has 6 nitrogen and oxygen atoms in total. The molecule has 0 bridgehead atoms. The maximum absolute atomic E-state index is 14.7. The minimum Gasteiger partial charge on any atom is -0.481 e. The Morgan fingerprint density at radius 3 is 2.54 bits per heavy atom. The van der Waals surface area contributed by atoms with E-state index in [4.69, 9.17) is 10.5 Å². The third-order valence-corrected chi connectivity index (χ3v) is 5.26. The molecule has 0 fully saturated rings. The van der Waals surface area contributed by atoms with E-state index in [9.17, 15) is 23.9 Å². The molecule has 35 heavy (non-hydrogen) atoms. The number of nitriles is 1. The van der Waals surface area contributed by atoms with Crippen LogP contribution in [0.4, 0.5) is 8.78 Å². The van der Waals surface area contributed by atoms with Crippen molar-refractivity contribution in [2.45, 2.75) is 13.0 Å². The lowest BCUT2D eigenvalue weighted by atomic mass is 10.0. The lowest BCUT2D eigenvalue weighted by Gasteiger charge is -2.13. The second kappa shape index (κ2) is 10.1. The van der Waals surface area contributed by atoms with Crippen LogP contribution in [0.15, 0.2) is 72.8 Å². The Hall–Kier alpha value is -4.61. The van der Waals surface area contributed by atoms with Gasteiger partial charge in [0.05, 0.1) is 18.1 Å². The van der Waals surface area contributed by atoms with Crippen LogP contribution in [0.5, 0.6) is 11.6 Å². The van der Waals surface area contributed by atoms with Crippen LogP contribution in [0.3, 0.4) is 0 Å². The van der Waals surface area contributed by atoms with Crippen molar-refractivity contribution in [2.24, 2.45) is 5.73 Å². The SMILES string of the molecule is N#Cc1cc(Oc2nc(-c3ccccc3CC(=O)O)c(F)cc2F)cc(-c2cccc(CN)c2)c1. The summed E-state index contributed by atoms with van der Waals surface area (Å²) in [5.41, 5.74) is 8.59. The highest BCUT2D eigenvalue weighted by Gasteiger charge is 2.19. The second-order valence-electron chi connectivity index (χ2n) is 7.70. The largest absolute Gasteiger partial charge is 0.481 e. The van der Waals surface area contributed by atoms with Gasteiger partial charge in [-0.3, -0.25) is 4.79 Å². The summed E-state index contributed by atoms with van der Waals surface area (Å²) in [6.45, 7) is 0.339. The van der Waals surface area contributed by atoms with Gasteiger partial charge >= 0.3 is 5.97 Å². The Kier molecular flexibility index (Phi) is 6.81. The van der Waals surface area contributed by atoms with Crippen molar-refractivity contribution in [3.05, 3.63) is 101 Å². The van der Waals surface area contributed by atoms with Gasteiger partial charge in [-0.2, -0.15) is 5.26 Å². The normalized spacial score (nSPS) is 10.6. The molecule has 4 aromatic rings. The Bertz CT molecular complexity index is 1460. The number of nitrogens with zero attached hydrogens (tertiary/aromatic N) is 2. The first-order valence-electron chi connectivity index (χ1n) is 10.6. The fourth-order valence-electron chi connectivity index (χ4n) is 3.66. The number of ether oxygens (including phenoxy) is 1. The molecule has 1 heterocycles. The number of nitrogens with two attached hydrogens (primary N) is 1. The fraction of sp³-hybridized carbons (Fsp3) is 0.0741. The number of benzene rings is 3. The van der Waals surface area contributed by atoms with Gasteiger partial charge in [0, 0.05) is 18.2 Å². The van der Waals surface area contributed by atoms with Crippen LogP contribution >= 0.6 is 0 Å². The number of carboxylic acid groups (broad SMARTS) is 1. The van der Waals surface area contributed by atoms with Crippen molar-refractivity contribution in [1.29, 1.82) is 5.26 Å². The Morgan fingerprint density at radius 1 is 1.00 bits per heavy atom. The molecule has 8 heteroatoms. The zero-order chi connectivity index (χ0) is 24.9. The first-order chi connectivity index (χ1) is 16.9. The van der Waals surface area contributed by atoms with Gasteiger partial charge in [0.1, 0.15) is 11.4 Å². The van der Waals surface area contributed by atoms with E-state index in [1.54, 1.807) is 24.3 Å². The molecule has 3 aromatic carbocycles. The topological polar surface area (TPSA) is 109 Å². The number of pyridine rings is 1. The second-order valence-corrected chi connectivity index (χ2v) is 7.70. The fourth-order valence-corrected chi connectivity index (χ4v) is 3.66. The van der Waals surface area contributed by atoms with E-state index in [0.717, 1.165) is 11.1 Å². The molecule has 0 saturated carbocycles. The van der Waals surface area contributed by atoms with Crippen LogP contribution in [-0.4, -0.2) is 16.1 Å². The maximum Gasteiger partial charge on any atom is 0.307 e. The monoisotopic (exact) mass is 471 g/mol. The molecule has 4 rings (SSSR count). The van der Waals surface area contributed by atoms with Gasteiger partial charge in [-0.25, -0.2) is 13.8 Å². The summed E-state index contributed by atoms with van der Waals surface area (Å²) in [7, 11) is 0. The average molecular weight is 471 g/mol. The van der Waals surface area contributed by atoms with Crippen LogP contribution in [0.25, 0.3) is 22.4 Å². The van der Waals surface area contributed by atoms with Crippen molar-refractivity contribution in [3.63, 3.8) is 0 Å². The van der Waals surface area contributed by atoms with Gasteiger partial charge < -0.3 is 15.6 Å². The standard InChI is InChI=1S/C27H19F2N3O3/c28-23-13-24(29)27(32-26(23)22-7-2-1-5-19(22)12-25(33)34)35-21-10-17(15-31)9-20(11-21)18-6-3-4-16(8-18)14-30/h1-11,13H,12,14,30H2,(H,33,34). The lowest BCUT2D eigenvalue weighted by Crippen LogP contribution is -2.04. The van der Waals surface area contributed by atoms with Crippen molar-refractivity contribution in [3.8, 4) is 40.1 Å². The minimum atomic E-state index is -1.10. The summed E-state index contributed by atoms with van der Waals surface area (Å²) < 4.78 is 35.0. The molecule has 0 unspecified atom stereocenters. The summed E-state index contributed by atoms with van der Waals surface area (Å²) in [5, 5.41) is 18.6. The van der Waals surface area contributed by atoms with Crippen molar-refractivity contribution in [2.75, 3.05) is 0 Å². The van der Waals surface area contributed by atoms with Gasteiger partial charge in [0.2, 0.25) is 0 Å². The van der Waals surface area contributed by atoms with E-state index < -0.39 is 23.5 Å². The van der Waals surface area contributed by atoms with Gasteiger partial charge in [-0.05, 0) is 46.5 Å². The molecule has 1 aromatic heterocycles. The summed E-state index contributed by atoms with van der Waals surface area (Å²) in [6.07, 6.45) is -0.361. The quantitative estimate of drug-likeness (QED) is 0.371. The number of rotatable bonds is 7. The number of carbonyl (C=O) groups is 1. The van der Waals surface area contributed by atoms with Gasteiger partial charge in [0.25, 0.3) is 5.88 Å². The van der Waals surface area contributed by atoms with E-state index in [1.165, 1.54) is 18.2 Å². The zero-order valence-corrected chi connectivity index (χ0v) is 18.3. The van der Waals surface area contributed by atoms with Crippen LogP contribution in [0, 0.1) is 23.0 Å². The van der Waals surface area contributed by atoms with E-state index in [-0.39, 0.29) is 29.0 Å². The molecule has 0 aliphatic carbocycles. The molecule has 3 N–H and O–H groups in total. The highest BCUT2D eigenvalue weighted by molar-refractivity contribution is 5.76. The van der Waals surface area contributed by atoms with Crippen LogP contribution in [0.2, 0.25) is 0 Å². The third-order valence-electron chi connectivity index (χ3n) is 5.26. The van der Waals surface area contributed by atoms with Crippen LogP contribution < -0.4 is 10.5 Å². The van der Waals surface area contributed by atoms with Crippen LogP contribution in [0.1, 0.15) is 16.7 Å². The molecule has 0 aliphatic rings. The van der Waals surface area contributed by atoms with E-state index in [1.807, 2.05) is 30.3 Å². The molecule has 0 saturated heterocycles. The molecule has 0 aliphatic heterocycles. The molecule has 174 valence electrons. The summed E-state index contributed by atoms with van der Waals surface area (Å²) in [5.74, 6) is -3.49. The van der Waals surface area contributed by atoms with Gasteiger partial charge in [0.15, 0.2) is 11.6 Å². The van der Waals surface area contributed by atoms with Crippen molar-refractivity contribution in [1.82, 2.24) is 4.98 Å². The number of hydrogen-bond donors (Lipinski definition) is 2. The Morgan fingerprint density at radius 2 is 1.80 bits per heavy atom. The summed E-state index contributed by atoms with van der Waals surface area (Å²) >= 11 is 0. The smallest absolute Gasteiger partial charge is 0.307 e. The van der Waals surface area contributed by atoms with E-state index >= 15 is 0 Å². The van der Waals surface area contributed by atoms with Gasteiger partial charge in [-0.1, -0.05) is 42.5 Å². The Balaban J connectivity index is 1.76. The zero-order valence-electron chi connectivity index (χ0n) is 18.3. The number of aromatic nitrogens is 1. The van der Waals surface area contributed by atoms with Crippen LogP contribution in [-0.2, 0) is 17.8 Å². The van der Waals surface area contributed by atoms with E-state index in [0.29, 0.717) is 23.7 Å². The summed E-state index contributed by atoms with van der Waals surface area (Å²) in [6, 6.07) is 21.0. The summed E-state index contributed by atoms with van der Waals surface area (Å²) in [4.78, 5) is 15.2. The molecular weight excluding hydrogens is 452 g/mol. The highest BCUT2D eigenvalue weighted by atomic mass is 19.1. The van der Waals surface area contributed by atoms with Crippen molar-refractivity contribution >= 4 is 5.97 Å². The van der Waals surface area contributed by atoms with E-state index in [2.05, 4.69) is 4.98 Å². The predicted molar refractivity (Wildman–Crippen MR) is 125 cm³/mol. The highest BCUT2D eigenvalue weighted by Crippen LogP contribution is 2.33. The third kappa shape index (κ3) is 5.32. The predicted octanol–water partition coefficient (Wildman–Crippen LogP) is 5.44. The first-order valence-corrected chi connectivity index (χ1v) is 10.6. The lowest BCUT2D eigenvalue weighted by molar-refractivity contribution is -0.136. The average Bonchev–Trinajstić information content (AvgIpc) is 2.85. The molecule has 0 amide bonds. The minimum absolute atomic E-state index is 0.125. The first kappa shape index (κ1) is 23.5.